The van der Waals surface area contributed by atoms with Crippen LogP contribution in [0, 0.1) is 0 Å². The molecule has 0 saturated heterocycles. The molecule has 0 aliphatic heterocycles. The molecule has 1 heterocycles. The molecule has 1 aromatic heterocycles. The summed E-state index contributed by atoms with van der Waals surface area (Å²) in [5.74, 6) is -0.346. The van der Waals surface area contributed by atoms with Gasteiger partial charge in [-0.15, -0.1) is 5.10 Å². The largest absolute Gasteiger partial charge is 0.369 e. The Labute approximate surface area is 55.9 Å². The second-order valence-corrected chi connectivity index (χ2v) is 2.40. The second kappa shape index (κ2) is 2.54. The predicted molar refractivity (Wildman–Crippen MR) is 32.8 cm³/mol. The molecule has 4 nitrogen and oxygen atoms in total. The number of carbonyl (C=O) groups excluding carboxylic acids is 1. The van der Waals surface area contributed by atoms with E-state index >= 15 is 0 Å². The second-order valence-electron chi connectivity index (χ2n) is 1.53. The number of aromatic nitrogens is 2. The van der Waals surface area contributed by atoms with Crippen molar-refractivity contribution in [3.63, 3.8) is 0 Å². The van der Waals surface area contributed by atoms with Crippen molar-refractivity contribution in [3.05, 3.63) is 11.1 Å². The van der Waals surface area contributed by atoms with E-state index < -0.39 is 0 Å². The van der Waals surface area contributed by atoms with Crippen molar-refractivity contribution in [2.45, 2.75) is 6.42 Å². The molecular weight excluding hydrogens is 138 g/mol. The van der Waals surface area contributed by atoms with E-state index in [1.165, 1.54) is 17.7 Å². The maximum absolute atomic E-state index is 10.2. The van der Waals surface area contributed by atoms with Crippen LogP contribution < -0.4 is 5.73 Å². The van der Waals surface area contributed by atoms with Crippen LogP contribution >= 0.6 is 11.5 Å². The Hall–Kier alpha value is -0.970. The van der Waals surface area contributed by atoms with Crippen LogP contribution in [0.15, 0.2) is 6.20 Å². The van der Waals surface area contributed by atoms with Gasteiger partial charge in [0.05, 0.1) is 17.5 Å². The minimum atomic E-state index is -0.346. The van der Waals surface area contributed by atoms with E-state index in [-0.39, 0.29) is 12.3 Å². The zero-order valence-electron chi connectivity index (χ0n) is 4.57. The van der Waals surface area contributed by atoms with Gasteiger partial charge in [-0.05, 0) is 11.5 Å². The number of primary amides is 1. The van der Waals surface area contributed by atoms with Gasteiger partial charge in [-0.2, -0.15) is 0 Å². The van der Waals surface area contributed by atoms with E-state index in [1.807, 2.05) is 0 Å². The van der Waals surface area contributed by atoms with Gasteiger partial charge in [0.2, 0.25) is 5.91 Å². The maximum Gasteiger partial charge on any atom is 0.222 e. The lowest BCUT2D eigenvalue weighted by Crippen LogP contribution is -2.12. The number of hydrogen-bond donors (Lipinski definition) is 1. The Morgan fingerprint density at radius 3 is 3.11 bits per heavy atom. The number of rotatable bonds is 2. The molecule has 0 unspecified atom stereocenters. The van der Waals surface area contributed by atoms with Gasteiger partial charge in [0, 0.05) is 0 Å². The highest BCUT2D eigenvalue weighted by Crippen LogP contribution is 2.00. The molecule has 48 valence electrons. The number of carbonyl (C=O) groups is 1. The van der Waals surface area contributed by atoms with E-state index in [2.05, 4.69) is 9.59 Å². The van der Waals surface area contributed by atoms with Gasteiger partial charge in [-0.25, -0.2) is 0 Å². The van der Waals surface area contributed by atoms with Crippen molar-refractivity contribution in [2.75, 3.05) is 0 Å². The maximum atomic E-state index is 10.2. The molecule has 1 aromatic rings. The third kappa shape index (κ3) is 1.77. The van der Waals surface area contributed by atoms with Gasteiger partial charge >= 0.3 is 0 Å². The average molecular weight is 143 g/mol. The van der Waals surface area contributed by atoms with Gasteiger partial charge < -0.3 is 5.73 Å². The van der Waals surface area contributed by atoms with Crippen molar-refractivity contribution < 1.29 is 4.79 Å². The van der Waals surface area contributed by atoms with Crippen LogP contribution in [-0.2, 0) is 11.2 Å². The standard InChI is InChI=1S/C4H5N3OS/c5-4(8)1-3-2-6-7-9-3/h2H,1H2,(H2,5,8). The van der Waals surface area contributed by atoms with E-state index in [0.717, 1.165) is 4.88 Å². The summed E-state index contributed by atoms with van der Waals surface area (Å²) in [4.78, 5) is 11.0. The van der Waals surface area contributed by atoms with Crippen molar-refractivity contribution in [2.24, 2.45) is 5.73 Å². The zero-order chi connectivity index (χ0) is 6.69. The molecule has 0 fully saturated rings. The van der Waals surface area contributed by atoms with E-state index in [0.29, 0.717) is 0 Å². The number of nitrogens with two attached hydrogens (primary N) is 1. The number of hydrogen-bond acceptors (Lipinski definition) is 4. The lowest BCUT2D eigenvalue weighted by Gasteiger charge is -1.83. The molecule has 0 radical (unpaired) electrons. The first-order valence-corrected chi connectivity index (χ1v) is 3.11. The molecule has 0 spiro atoms. The molecule has 0 atom stereocenters. The fourth-order valence-electron chi connectivity index (χ4n) is 0.437. The van der Waals surface area contributed by atoms with Crippen molar-refractivity contribution >= 4 is 17.4 Å². The van der Waals surface area contributed by atoms with Gasteiger partial charge in [0.1, 0.15) is 0 Å². The van der Waals surface area contributed by atoms with Crippen LogP contribution in [-0.4, -0.2) is 15.5 Å². The lowest BCUT2D eigenvalue weighted by atomic mass is 10.4. The Balaban J connectivity index is 2.58. The van der Waals surface area contributed by atoms with Crippen LogP contribution in [0.4, 0.5) is 0 Å². The van der Waals surface area contributed by atoms with E-state index in [9.17, 15) is 4.79 Å². The normalized spacial score (nSPS) is 9.33. The predicted octanol–water partition coefficient (Wildman–Crippen LogP) is -0.434. The van der Waals surface area contributed by atoms with E-state index in [4.69, 9.17) is 5.73 Å². The summed E-state index contributed by atoms with van der Waals surface area (Å²) in [6, 6.07) is 0. The smallest absolute Gasteiger partial charge is 0.222 e. The highest BCUT2D eigenvalue weighted by Gasteiger charge is 1.98. The summed E-state index contributed by atoms with van der Waals surface area (Å²) < 4.78 is 3.56. The topological polar surface area (TPSA) is 68.9 Å². The van der Waals surface area contributed by atoms with Gasteiger partial charge in [0.25, 0.3) is 0 Å². The van der Waals surface area contributed by atoms with Gasteiger partial charge in [-0.1, -0.05) is 4.49 Å². The summed E-state index contributed by atoms with van der Waals surface area (Å²) in [5, 5.41) is 3.54. The number of nitrogens with zero attached hydrogens (tertiary/aromatic N) is 2. The van der Waals surface area contributed by atoms with Crippen molar-refractivity contribution in [3.8, 4) is 0 Å². The summed E-state index contributed by atoms with van der Waals surface area (Å²) >= 11 is 1.19. The van der Waals surface area contributed by atoms with Crippen LogP contribution in [0.3, 0.4) is 0 Å². The fraction of sp³-hybridized carbons (Fsp3) is 0.250. The number of amides is 1. The minimum Gasteiger partial charge on any atom is -0.369 e. The third-order valence-corrected chi connectivity index (χ3v) is 1.42. The Kier molecular flexibility index (Phi) is 1.74. The molecule has 0 aromatic carbocycles. The Bertz CT molecular complexity index is 196. The monoisotopic (exact) mass is 143 g/mol. The zero-order valence-corrected chi connectivity index (χ0v) is 5.39. The molecule has 0 aliphatic rings. The highest BCUT2D eigenvalue weighted by atomic mass is 32.1. The van der Waals surface area contributed by atoms with Crippen LogP contribution in [0.5, 0.6) is 0 Å². The van der Waals surface area contributed by atoms with Crippen LogP contribution in [0.1, 0.15) is 4.88 Å². The molecule has 5 heteroatoms. The average Bonchev–Trinajstić information content (AvgIpc) is 2.15. The summed E-state index contributed by atoms with van der Waals surface area (Å²) in [5.41, 5.74) is 4.90. The minimum absolute atomic E-state index is 0.248. The summed E-state index contributed by atoms with van der Waals surface area (Å²) in [6.07, 6.45) is 1.78. The molecule has 0 bridgehead atoms. The summed E-state index contributed by atoms with van der Waals surface area (Å²) in [7, 11) is 0. The Morgan fingerprint density at radius 1 is 1.89 bits per heavy atom. The molecular formula is C4H5N3OS. The molecule has 1 amide bonds. The first-order chi connectivity index (χ1) is 4.29. The molecule has 2 N–H and O–H groups in total. The fourth-order valence-corrected chi connectivity index (χ4v) is 0.937. The lowest BCUT2D eigenvalue weighted by molar-refractivity contribution is -0.117. The van der Waals surface area contributed by atoms with Gasteiger partial charge in [-0.3, -0.25) is 4.79 Å². The molecule has 0 aliphatic carbocycles. The molecule has 1 rings (SSSR count). The first kappa shape index (κ1) is 6.15. The molecule has 9 heavy (non-hydrogen) atoms. The first-order valence-electron chi connectivity index (χ1n) is 2.33. The molecule has 0 saturated carbocycles. The van der Waals surface area contributed by atoms with Crippen LogP contribution in [0.25, 0.3) is 0 Å². The Morgan fingerprint density at radius 2 is 2.67 bits per heavy atom. The summed E-state index contributed by atoms with van der Waals surface area (Å²) in [6.45, 7) is 0. The van der Waals surface area contributed by atoms with Crippen molar-refractivity contribution in [1.82, 2.24) is 9.59 Å². The van der Waals surface area contributed by atoms with Crippen LogP contribution in [0.2, 0.25) is 0 Å². The SMILES string of the molecule is NC(=O)Cc1cnns1. The third-order valence-electron chi connectivity index (χ3n) is 0.755. The highest BCUT2D eigenvalue weighted by molar-refractivity contribution is 7.05. The van der Waals surface area contributed by atoms with Crippen molar-refractivity contribution in [1.29, 1.82) is 0 Å². The van der Waals surface area contributed by atoms with Gasteiger partial charge in [0.15, 0.2) is 0 Å². The van der Waals surface area contributed by atoms with E-state index in [1.54, 1.807) is 0 Å². The quantitative estimate of drug-likeness (QED) is 0.610.